The van der Waals surface area contributed by atoms with E-state index in [-0.39, 0.29) is 30.9 Å². The van der Waals surface area contributed by atoms with Gasteiger partial charge in [0.2, 0.25) is 17.7 Å². The lowest BCUT2D eigenvalue weighted by Crippen LogP contribution is -2.33. The number of ether oxygens (including phenoxy) is 2. The summed E-state index contributed by atoms with van der Waals surface area (Å²) in [6.45, 7) is -0.854. The Balaban J connectivity index is 3.01. The maximum Gasteiger partial charge on any atom is 0.255 e. The molecule has 1 heterocycles. The molecule has 1 N–H and O–H groups in total. The Morgan fingerprint density at radius 3 is 2.22 bits per heavy atom. The monoisotopic (exact) mass is 263 g/mol. The quantitative estimate of drug-likeness (QED) is 0.775. The lowest BCUT2D eigenvalue weighted by molar-refractivity contribution is 0.152. The van der Waals surface area contributed by atoms with Gasteiger partial charge in [-0.1, -0.05) is 0 Å². The molecule has 0 fully saturated rings. The van der Waals surface area contributed by atoms with Gasteiger partial charge in [-0.15, -0.1) is 0 Å². The summed E-state index contributed by atoms with van der Waals surface area (Å²) in [5, 5.41) is 8.86. The van der Waals surface area contributed by atoms with Crippen molar-refractivity contribution in [2.75, 3.05) is 38.8 Å². The highest BCUT2D eigenvalue weighted by Gasteiger charge is 2.17. The van der Waals surface area contributed by atoms with Gasteiger partial charge in [0, 0.05) is 6.54 Å². The van der Waals surface area contributed by atoms with Crippen LogP contribution in [0, 0.1) is 0 Å². The highest BCUT2D eigenvalue weighted by atomic mass is 19.3. The van der Waals surface area contributed by atoms with Crippen LogP contribution in [0.5, 0.6) is 11.8 Å². The van der Waals surface area contributed by atoms with E-state index in [9.17, 15) is 8.78 Å². The Morgan fingerprint density at radius 1 is 1.28 bits per heavy atom. The number of hydrogen-bond acceptors (Lipinski definition) is 6. The summed E-state index contributed by atoms with van der Waals surface area (Å²) < 4.78 is 34.7. The predicted octanol–water partition coefficient (Wildman–Crippen LogP) is 0.558. The molecule has 18 heavy (non-hydrogen) atoms. The topological polar surface area (TPSA) is 67.7 Å². The maximum atomic E-state index is 12.4. The fourth-order valence-electron chi connectivity index (χ4n) is 1.30. The maximum absolute atomic E-state index is 12.4. The van der Waals surface area contributed by atoms with Crippen LogP contribution < -0.4 is 14.4 Å². The molecular weight excluding hydrogens is 248 g/mol. The number of methoxy groups -OCH3 is 2. The van der Waals surface area contributed by atoms with Crippen LogP contribution in [0.3, 0.4) is 0 Å². The van der Waals surface area contributed by atoms with Gasteiger partial charge in [-0.05, 0) is 0 Å². The number of aliphatic hydroxyl groups excluding tert-OH is 1. The van der Waals surface area contributed by atoms with Crippen LogP contribution in [0.25, 0.3) is 0 Å². The van der Waals surface area contributed by atoms with Gasteiger partial charge >= 0.3 is 0 Å². The molecule has 0 aliphatic carbocycles. The van der Waals surface area contributed by atoms with Gasteiger partial charge in [0.05, 0.1) is 33.4 Å². The van der Waals surface area contributed by atoms with Gasteiger partial charge in [0.25, 0.3) is 6.43 Å². The van der Waals surface area contributed by atoms with E-state index < -0.39 is 13.0 Å². The number of nitrogens with zero attached hydrogens (tertiary/aromatic N) is 3. The van der Waals surface area contributed by atoms with Crippen molar-refractivity contribution in [1.29, 1.82) is 0 Å². The highest BCUT2D eigenvalue weighted by molar-refractivity contribution is 5.36. The third kappa shape index (κ3) is 3.95. The van der Waals surface area contributed by atoms with Crippen LogP contribution in [-0.4, -0.2) is 55.4 Å². The van der Waals surface area contributed by atoms with Gasteiger partial charge in [-0.3, -0.25) is 0 Å². The first kappa shape index (κ1) is 14.4. The predicted molar refractivity (Wildman–Crippen MR) is 60.4 cm³/mol. The molecule has 0 saturated heterocycles. The van der Waals surface area contributed by atoms with Crippen LogP contribution in [0.15, 0.2) is 6.07 Å². The molecule has 0 amide bonds. The molecule has 0 aliphatic rings. The van der Waals surface area contributed by atoms with E-state index in [0.29, 0.717) is 0 Å². The molecule has 0 bridgehead atoms. The lowest BCUT2D eigenvalue weighted by atomic mass is 10.5. The van der Waals surface area contributed by atoms with Crippen LogP contribution in [0.1, 0.15) is 0 Å². The number of aromatic nitrogens is 2. The number of halogens is 2. The Kier molecular flexibility index (Phi) is 5.50. The number of rotatable bonds is 7. The molecule has 0 atom stereocenters. The molecule has 1 aromatic heterocycles. The smallest absolute Gasteiger partial charge is 0.255 e. The normalized spacial score (nSPS) is 10.6. The van der Waals surface area contributed by atoms with Crippen molar-refractivity contribution in [1.82, 2.24) is 9.97 Å². The van der Waals surface area contributed by atoms with Gasteiger partial charge in [-0.2, -0.15) is 9.97 Å². The van der Waals surface area contributed by atoms with E-state index in [0.717, 1.165) is 4.90 Å². The van der Waals surface area contributed by atoms with Crippen LogP contribution in [-0.2, 0) is 0 Å². The Hall–Kier alpha value is -1.70. The number of aliphatic hydroxyl groups is 1. The molecule has 8 heteroatoms. The van der Waals surface area contributed by atoms with Crippen molar-refractivity contribution < 1.29 is 23.4 Å². The van der Waals surface area contributed by atoms with Crippen LogP contribution in [0.4, 0.5) is 14.7 Å². The minimum Gasteiger partial charge on any atom is -0.481 e. The zero-order chi connectivity index (χ0) is 13.5. The molecule has 0 aliphatic heterocycles. The van der Waals surface area contributed by atoms with E-state index in [2.05, 4.69) is 9.97 Å². The van der Waals surface area contributed by atoms with Gasteiger partial charge in [0.1, 0.15) is 0 Å². The molecule has 0 unspecified atom stereocenters. The van der Waals surface area contributed by atoms with E-state index in [1.54, 1.807) is 0 Å². The third-order valence-corrected chi connectivity index (χ3v) is 2.10. The average molecular weight is 263 g/mol. The Morgan fingerprint density at radius 2 is 1.83 bits per heavy atom. The fraction of sp³-hybridized carbons (Fsp3) is 0.600. The lowest BCUT2D eigenvalue weighted by Gasteiger charge is -2.21. The van der Waals surface area contributed by atoms with Crippen LogP contribution >= 0.6 is 0 Å². The molecule has 102 valence electrons. The number of alkyl halides is 2. The molecule has 1 aromatic rings. The van der Waals surface area contributed by atoms with Crippen molar-refractivity contribution in [3.05, 3.63) is 6.07 Å². The molecule has 0 aromatic carbocycles. The third-order valence-electron chi connectivity index (χ3n) is 2.10. The summed E-state index contributed by atoms with van der Waals surface area (Å²) in [7, 11) is 2.80. The molecule has 0 spiro atoms. The summed E-state index contributed by atoms with van der Waals surface area (Å²) in [4.78, 5) is 9.04. The molecule has 0 radical (unpaired) electrons. The first-order chi connectivity index (χ1) is 8.60. The van der Waals surface area contributed by atoms with E-state index >= 15 is 0 Å². The average Bonchev–Trinajstić information content (AvgIpc) is 2.37. The largest absolute Gasteiger partial charge is 0.481 e. The second kappa shape index (κ2) is 6.90. The second-order valence-corrected chi connectivity index (χ2v) is 3.31. The molecule has 1 rings (SSSR count). The van der Waals surface area contributed by atoms with Crippen molar-refractivity contribution >= 4 is 5.95 Å². The molecular formula is C10H15F2N3O3. The summed E-state index contributed by atoms with van der Waals surface area (Å²) in [6.07, 6.45) is -2.56. The van der Waals surface area contributed by atoms with Crippen molar-refractivity contribution in [3.63, 3.8) is 0 Å². The minimum atomic E-state index is -2.56. The van der Waals surface area contributed by atoms with Crippen molar-refractivity contribution in [2.24, 2.45) is 0 Å². The second-order valence-electron chi connectivity index (χ2n) is 3.31. The SMILES string of the molecule is COc1cc(OC)nc(N(CCO)CC(F)F)n1. The minimum absolute atomic E-state index is 0.000657. The van der Waals surface area contributed by atoms with E-state index in [4.69, 9.17) is 14.6 Å². The summed E-state index contributed by atoms with van der Waals surface area (Å²) in [5.74, 6) is 0.434. The van der Waals surface area contributed by atoms with Crippen molar-refractivity contribution in [2.45, 2.75) is 6.43 Å². The molecule has 0 saturated carbocycles. The first-order valence-electron chi connectivity index (χ1n) is 5.21. The number of hydrogen-bond donors (Lipinski definition) is 1. The van der Waals surface area contributed by atoms with Gasteiger partial charge in [-0.25, -0.2) is 8.78 Å². The van der Waals surface area contributed by atoms with Gasteiger partial charge < -0.3 is 19.5 Å². The number of anilines is 1. The zero-order valence-electron chi connectivity index (χ0n) is 10.1. The zero-order valence-corrected chi connectivity index (χ0v) is 10.1. The molecule has 6 nitrogen and oxygen atoms in total. The Bertz CT molecular complexity index is 357. The highest BCUT2D eigenvalue weighted by Crippen LogP contribution is 2.20. The Labute approximate surface area is 103 Å². The van der Waals surface area contributed by atoms with Crippen LogP contribution in [0.2, 0.25) is 0 Å². The van der Waals surface area contributed by atoms with E-state index in [1.165, 1.54) is 20.3 Å². The first-order valence-corrected chi connectivity index (χ1v) is 5.21. The standard InChI is InChI=1S/C10H15F2N3O3/c1-17-8-5-9(18-2)14-10(13-8)15(3-4-16)6-7(11)12/h5,7,16H,3-4,6H2,1-2H3. The van der Waals surface area contributed by atoms with Crippen molar-refractivity contribution in [3.8, 4) is 11.8 Å². The fourth-order valence-corrected chi connectivity index (χ4v) is 1.30. The summed E-state index contributed by atoms with van der Waals surface area (Å²) in [6, 6.07) is 1.43. The summed E-state index contributed by atoms with van der Waals surface area (Å²) >= 11 is 0. The van der Waals surface area contributed by atoms with E-state index in [1.807, 2.05) is 0 Å². The summed E-state index contributed by atoms with van der Waals surface area (Å²) in [5.41, 5.74) is 0. The van der Waals surface area contributed by atoms with Gasteiger partial charge in [0.15, 0.2) is 0 Å².